The largest absolute Gasteiger partial charge is 0.352 e. The second-order valence-electron chi connectivity index (χ2n) is 7.01. The zero-order chi connectivity index (χ0) is 19.7. The van der Waals surface area contributed by atoms with Crippen LogP contribution in [-0.2, 0) is 0 Å². The molecule has 0 spiro atoms. The number of aromatic nitrogens is 2. The van der Waals surface area contributed by atoms with Crippen molar-refractivity contribution in [3.05, 3.63) is 53.8 Å². The van der Waals surface area contributed by atoms with Crippen molar-refractivity contribution in [3.8, 4) is 11.3 Å². The average Bonchev–Trinajstić information content (AvgIpc) is 3.13. The fraction of sp³-hybridized carbons (Fsp3) is 0.318. The Hall–Kier alpha value is -2.47. The number of carbonyl (C=O) groups is 1. The Morgan fingerprint density at radius 3 is 2.64 bits per heavy atom. The molecule has 3 aromatic rings. The van der Waals surface area contributed by atoms with Gasteiger partial charge in [-0.3, -0.25) is 4.79 Å². The lowest BCUT2D eigenvalue weighted by Gasteiger charge is -2.25. The zero-order valence-electron chi connectivity index (χ0n) is 16.0. The van der Waals surface area contributed by atoms with Crippen molar-refractivity contribution in [2.75, 3.05) is 17.2 Å². The summed E-state index contributed by atoms with van der Waals surface area (Å²) in [4.78, 5) is 24.3. The van der Waals surface area contributed by atoms with Crippen molar-refractivity contribution >= 4 is 33.7 Å². The zero-order valence-corrected chi connectivity index (χ0v) is 16.8. The van der Waals surface area contributed by atoms with E-state index in [9.17, 15) is 9.18 Å². The van der Waals surface area contributed by atoms with Gasteiger partial charge in [0.15, 0.2) is 5.82 Å². The number of halogens is 1. The van der Waals surface area contributed by atoms with Crippen molar-refractivity contribution in [1.82, 2.24) is 9.97 Å². The van der Waals surface area contributed by atoms with Crippen molar-refractivity contribution in [3.63, 3.8) is 0 Å². The first-order valence-corrected chi connectivity index (χ1v) is 10.6. The minimum absolute atomic E-state index is 0.0462. The molecule has 0 amide bonds. The molecule has 0 saturated carbocycles. The third-order valence-electron chi connectivity index (χ3n) is 5.10. The molecule has 1 aromatic heterocycles. The Bertz CT molecular complexity index is 1020. The summed E-state index contributed by atoms with van der Waals surface area (Å²) in [6, 6.07) is 12.2. The summed E-state index contributed by atoms with van der Waals surface area (Å²) in [6.07, 6.45) is 2.21. The number of anilines is 1. The second-order valence-corrected chi connectivity index (χ2v) is 8.25. The standard InChI is InChI=1S/C22H22FN3OS/c1-3-28-22(27)16-8-11-18-19(13-16)25-21(26-12-4-5-14(26)2)20(24-18)15-6-9-17(23)10-7-15/h6-11,13-14H,3-5,12H2,1-2H3/t14-/m0/s1. The SMILES string of the molecule is CCSC(=O)c1ccc2nc(-c3ccc(F)cc3)c(N3CCC[C@@H]3C)nc2c1. The molecule has 1 saturated heterocycles. The van der Waals surface area contributed by atoms with Gasteiger partial charge < -0.3 is 4.90 Å². The summed E-state index contributed by atoms with van der Waals surface area (Å²) < 4.78 is 13.4. The number of hydrogen-bond acceptors (Lipinski definition) is 5. The third-order valence-corrected chi connectivity index (χ3v) is 5.89. The first kappa shape index (κ1) is 18.9. The minimum atomic E-state index is -0.273. The third kappa shape index (κ3) is 3.61. The first-order valence-electron chi connectivity index (χ1n) is 9.58. The van der Waals surface area contributed by atoms with Gasteiger partial charge >= 0.3 is 0 Å². The van der Waals surface area contributed by atoms with Crippen LogP contribution in [0.3, 0.4) is 0 Å². The molecule has 6 heteroatoms. The van der Waals surface area contributed by atoms with E-state index in [1.54, 1.807) is 18.2 Å². The Morgan fingerprint density at radius 2 is 1.96 bits per heavy atom. The van der Waals surface area contributed by atoms with Crippen molar-refractivity contribution < 1.29 is 9.18 Å². The van der Waals surface area contributed by atoms with E-state index < -0.39 is 0 Å². The highest BCUT2D eigenvalue weighted by atomic mass is 32.2. The van der Waals surface area contributed by atoms with E-state index in [2.05, 4.69) is 11.8 Å². The van der Waals surface area contributed by atoms with Crippen molar-refractivity contribution in [2.45, 2.75) is 32.7 Å². The molecule has 1 aliphatic heterocycles. The predicted octanol–water partition coefficient (Wildman–Crippen LogP) is 5.32. The van der Waals surface area contributed by atoms with Crippen LogP contribution < -0.4 is 4.90 Å². The van der Waals surface area contributed by atoms with E-state index in [0.717, 1.165) is 47.7 Å². The van der Waals surface area contributed by atoms with Gasteiger partial charge in [0.1, 0.15) is 11.5 Å². The minimum Gasteiger partial charge on any atom is -0.352 e. The van der Waals surface area contributed by atoms with Gasteiger partial charge in [0.25, 0.3) is 0 Å². The number of benzene rings is 2. The van der Waals surface area contributed by atoms with Gasteiger partial charge in [-0.1, -0.05) is 18.7 Å². The average molecular weight is 396 g/mol. The summed E-state index contributed by atoms with van der Waals surface area (Å²) in [5.41, 5.74) is 3.67. The smallest absolute Gasteiger partial charge is 0.219 e. The second kappa shape index (κ2) is 7.87. The summed E-state index contributed by atoms with van der Waals surface area (Å²) in [5.74, 6) is 1.27. The Balaban J connectivity index is 1.87. The van der Waals surface area contributed by atoms with Crippen LogP contribution in [-0.4, -0.2) is 33.4 Å². The van der Waals surface area contributed by atoms with Crippen LogP contribution in [0.15, 0.2) is 42.5 Å². The maximum atomic E-state index is 13.4. The lowest BCUT2D eigenvalue weighted by molar-refractivity contribution is 0.108. The van der Waals surface area contributed by atoms with Crippen molar-refractivity contribution in [2.24, 2.45) is 0 Å². The summed E-state index contributed by atoms with van der Waals surface area (Å²) in [7, 11) is 0. The van der Waals surface area contributed by atoms with Crippen LogP contribution in [0.25, 0.3) is 22.3 Å². The van der Waals surface area contributed by atoms with E-state index in [1.807, 2.05) is 19.1 Å². The summed E-state index contributed by atoms with van der Waals surface area (Å²) >= 11 is 1.29. The molecule has 2 aromatic carbocycles. The van der Waals surface area contributed by atoms with Crippen molar-refractivity contribution in [1.29, 1.82) is 0 Å². The van der Waals surface area contributed by atoms with Gasteiger partial charge in [0, 0.05) is 23.7 Å². The fourth-order valence-corrected chi connectivity index (χ4v) is 4.19. The molecule has 0 aliphatic carbocycles. The van der Waals surface area contributed by atoms with Gasteiger partial charge in [-0.05, 0) is 68.0 Å². The van der Waals surface area contributed by atoms with Gasteiger partial charge in [-0.2, -0.15) is 0 Å². The van der Waals surface area contributed by atoms with E-state index in [4.69, 9.17) is 9.97 Å². The molecular weight excluding hydrogens is 373 g/mol. The molecule has 1 atom stereocenters. The van der Waals surface area contributed by atoms with Gasteiger partial charge in [0.05, 0.1) is 11.0 Å². The molecular formula is C22H22FN3OS. The van der Waals surface area contributed by atoms with E-state index in [-0.39, 0.29) is 10.9 Å². The van der Waals surface area contributed by atoms with E-state index in [1.165, 1.54) is 23.9 Å². The maximum Gasteiger partial charge on any atom is 0.219 e. The van der Waals surface area contributed by atoms with Crippen LogP contribution in [0.1, 0.15) is 37.0 Å². The number of thioether (sulfide) groups is 1. The lowest BCUT2D eigenvalue weighted by Crippen LogP contribution is -2.28. The lowest BCUT2D eigenvalue weighted by atomic mass is 10.1. The maximum absolute atomic E-state index is 13.4. The van der Waals surface area contributed by atoms with Crippen LogP contribution in [0.4, 0.5) is 10.2 Å². The van der Waals surface area contributed by atoms with Gasteiger partial charge in [-0.15, -0.1) is 0 Å². The monoisotopic (exact) mass is 395 g/mol. The number of rotatable bonds is 4. The molecule has 28 heavy (non-hydrogen) atoms. The van der Waals surface area contributed by atoms with Crippen LogP contribution >= 0.6 is 11.8 Å². The van der Waals surface area contributed by atoms with Crippen LogP contribution in [0.5, 0.6) is 0 Å². The fourth-order valence-electron chi connectivity index (χ4n) is 3.64. The topological polar surface area (TPSA) is 46.1 Å². The molecule has 144 valence electrons. The Morgan fingerprint density at radius 1 is 1.18 bits per heavy atom. The van der Waals surface area contributed by atoms with E-state index in [0.29, 0.717) is 17.1 Å². The van der Waals surface area contributed by atoms with Gasteiger partial charge in [0.2, 0.25) is 5.12 Å². The molecule has 0 radical (unpaired) electrons. The van der Waals surface area contributed by atoms with Crippen LogP contribution in [0, 0.1) is 5.82 Å². The highest BCUT2D eigenvalue weighted by Crippen LogP contribution is 2.34. The highest BCUT2D eigenvalue weighted by Gasteiger charge is 2.26. The number of hydrogen-bond donors (Lipinski definition) is 0. The molecule has 2 heterocycles. The van der Waals surface area contributed by atoms with Gasteiger partial charge in [-0.25, -0.2) is 14.4 Å². The first-order chi connectivity index (χ1) is 13.6. The molecule has 1 fully saturated rings. The quantitative estimate of drug-likeness (QED) is 0.598. The molecule has 0 N–H and O–H groups in total. The van der Waals surface area contributed by atoms with Crippen LogP contribution in [0.2, 0.25) is 0 Å². The molecule has 4 nitrogen and oxygen atoms in total. The predicted molar refractivity (Wildman–Crippen MR) is 113 cm³/mol. The summed E-state index contributed by atoms with van der Waals surface area (Å²) in [5, 5.41) is 0.0462. The normalized spacial score (nSPS) is 16.7. The summed E-state index contributed by atoms with van der Waals surface area (Å²) in [6.45, 7) is 5.07. The molecule has 0 bridgehead atoms. The number of carbonyl (C=O) groups excluding carboxylic acids is 1. The van der Waals surface area contributed by atoms with E-state index >= 15 is 0 Å². The molecule has 0 unspecified atom stereocenters. The highest BCUT2D eigenvalue weighted by molar-refractivity contribution is 8.14. The number of fused-ring (bicyclic) bond motifs is 1. The molecule has 1 aliphatic rings. The molecule has 4 rings (SSSR count). The Kier molecular flexibility index (Phi) is 5.31. The number of nitrogens with zero attached hydrogens (tertiary/aromatic N) is 3. The Labute approximate surface area is 168 Å².